The number of carbonyl (C=O) groups is 1. The summed E-state index contributed by atoms with van der Waals surface area (Å²) in [4.78, 5) is 17.6. The lowest BCUT2D eigenvalue weighted by atomic mass is 9.96. The van der Waals surface area contributed by atoms with Crippen molar-refractivity contribution in [3.63, 3.8) is 0 Å². The molecule has 118 valence electrons. The van der Waals surface area contributed by atoms with E-state index in [-0.39, 0.29) is 18.3 Å². The SMILES string of the molecule is CCOC(=O)CC(c1cc(Cl)cc(Br)c1)c1ncc(CC)s1. The van der Waals surface area contributed by atoms with Crippen molar-refractivity contribution in [2.24, 2.45) is 0 Å². The Bertz CT molecular complexity index is 639. The molecule has 0 fully saturated rings. The van der Waals surface area contributed by atoms with Crippen molar-refractivity contribution in [2.75, 3.05) is 6.61 Å². The number of aromatic nitrogens is 1. The van der Waals surface area contributed by atoms with Crippen molar-refractivity contribution in [1.29, 1.82) is 0 Å². The fraction of sp³-hybridized carbons (Fsp3) is 0.375. The minimum atomic E-state index is -0.225. The van der Waals surface area contributed by atoms with Gasteiger partial charge in [0, 0.05) is 26.5 Å². The number of benzene rings is 1. The molecule has 3 nitrogen and oxygen atoms in total. The number of halogens is 2. The summed E-state index contributed by atoms with van der Waals surface area (Å²) in [7, 11) is 0. The lowest BCUT2D eigenvalue weighted by Crippen LogP contribution is -2.11. The van der Waals surface area contributed by atoms with Gasteiger partial charge in [0.15, 0.2) is 0 Å². The van der Waals surface area contributed by atoms with E-state index in [0.29, 0.717) is 11.6 Å². The van der Waals surface area contributed by atoms with E-state index >= 15 is 0 Å². The summed E-state index contributed by atoms with van der Waals surface area (Å²) in [6.45, 7) is 4.28. The van der Waals surface area contributed by atoms with Gasteiger partial charge in [0.1, 0.15) is 5.01 Å². The molecule has 0 N–H and O–H groups in total. The average molecular weight is 403 g/mol. The maximum absolute atomic E-state index is 12.0. The molecule has 0 amide bonds. The minimum absolute atomic E-state index is 0.139. The largest absolute Gasteiger partial charge is 0.466 e. The van der Waals surface area contributed by atoms with Crippen LogP contribution in [0.3, 0.4) is 0 Å². The highest BCUT2D eigenvalue weighted by Gasteiger charge is 2.23. The number of thiazole rings is 1. The number of rotatable bonds is 6. The van der Waals surface area contributed by atoms with Crippen molar-refractivity contribution >= 4 is 44.8 Å². The predicted octanol–water partition coefficient (Wildman–Crippen LogP) is 5.21. The summed E-state index contributed by atoms with van der Waals surface area (Å²) in [6, 6.07) is 5.68. The normalized spacial score (nSPS) is 12.2. The van der Waals surface area contributed by atoms with Gasteiger partial charge in [-0.15, -0.1) is 11.3 Å². The van der Waals surface area contributed by atoms with Crippen LogP contribution in [0, 0.1) is 0 Å². The zero-order chi connectivity index (χ0) is 16.1. The Balaban J connectivity index is 2.37. The molecule has 0 bridgehead atoms. The van der Waals surface area contributed by atoms with Crippen molar-refractivity contribution in [2.45, 2.75) is 32.6 Å². The molecule has 1 heterocycles. The number of nitrogens with zero attached hydrogens (tertiary/aromatic N) is 1. The molecule has 0 aliphatic carbocycles. The average Bonchev–Trinajstić information content (AvgIpc) is 2.92. The van der Waals surface area contributed by atoms with Crippen molar-refractivity contribution in [3.8, 4) is 0 Å². The number of hydrogen-bond donors (Lipinski definition) is 0. The highest BCUT2D eigenvalue weighted by atomic mass is 79.9. The molecule has 2 rings (SSSR count). The molecular formula is C16H17BrClNO2S. The van der Waals surface area contributed by atoms with Crippen LogP contribution in [0.25, 0.3) is 0 Å². The number of esters is 1. The zero-order valence-corrected chi connectivity index (χ0v) is 15.6. The lowest BCUT2D eigenvalue weighted by molar-refractivity contribution is -0.143. The topological polar surface area (TPSA) is 39.2 Å². The van der Waals surface area contributed by atoms with E-state index in [4.69, 9.17) is 16.3 Å². The first kappa shape index (κ1) is 17.4. The summed E-state index contributed by atoms with van der Waals surface area (Å²) in [5, 5.41) is 1.55. The number of hydrogen-bond acceptors (Lipinski definition) is 4. The molecule has 1 unspecified atom stereocenters. The summed E-state index contributed by atoms with van der Waals surface area (Å²) in [5.74, 6) is -0.365. The van der Waals surface area contributed by atoms with Crippen LogP contribution in [0.4, 0.5) is 0 Å². The van der Waals surface area contributed by atoms with E-state index in [2.05, 4.69) is 27.8 Å². The fourth-order valence-corrected chi connectivity index (χ4v) is 4.03. The van der Waals surface area contributed by atoms with Gasteiger partial charge < -0.3 is 4.74 Å². The Labute approximate surface area is 147 Å². The van der Waals surface area contributed by atoms with Gasteiger partial charge in [-0.3, -0.25) is 4.79 Å². The van der Waals surface area contributed by atoms with Gasteiger partial charge in [0.2, 0.25) is 0 Å². The summed E-state index contributed by atoms with van der Waals surface area (Å²) < 4.78 is 5.99. The molecule has 2 aromatic rings. The molecule has 0 aliphatic rings. The van der Waals surface area contributed by atoms with Gasteiger partial charge in [-0.05, 0) is 37.1 Å². The van der Waals surface area contributed by atoms with Crippen molar-refractivity contribution in [3.05, 3.63) is 49.3 Å². The first-order chi connectivity index (χ1) is 10.5. The van der Waals surface area contributed by atoms with Gasteiger partial charge in [-0.2, -0.15) is 0 Å². The summed E-state index contributed by atoms with van der Waals surface area (Å²) in [5.41, 5.74) is 0.962. The molecule has 1 aromatic carbocycles. The Kier molecular flexibility index (Phi) is 6.41. The summed E-state index contributed by atoms with van der Waals surface area (Å²) in [6.07, 6.45) is 3.07. The number of aryl methyl sites for hydroxylation is 1. The molecule has 0 spiro atoms. The van der Waals surface area contributed by atoms with E-state index in [0.717, 1.165) is 21.5 Å². The van der Waals surface area contributed by atoms with Crippen LogP contribution in [0.1, 0.15) is 41.6 Å². The number of ether oxygens (including phenoxy) is 1. The third-order valence-corrected chi connectivity index (χ3v) is 5.11. The van der Waals surface area contributed by atoms with E-state index in [1.807, 2.05) is 31.3 Å². The van der Waals surface area contributed by atoms with Gasteiger partial charge in [-0.1, -0.05) is 34.5 Å². The monoisotopic (exact) mass is 401 g/mol. The van der Waals surface area contributed by atoms with Gasteiger partial charge in [0.25, 0.3) is 0 Å². The second-order valence-corrected chi connectivity index (χ2v) is 7.28. The first-order valence-electron chi connectivity index (χ1n) is 7.09. The van der Waals surface area contributed by atoms with Crippen molar-refractivity contribution in [1.82, 2.24) is 4.98 Å². The standard InChI is InChI=1S/C16H17BrClNO2S/c1-3-13-9-19-16(22-13)14(8-15(20)21-4-2)10-5-11(17)7-12(18)6-10/h5-7,9,14H,3-4,8H2,1-2H3. The fourth-order valence-electron chi connectivity index (χ4n) is 2.16. The van der Waals surface area contributed by atoms with Crippen LogP contribution in [0.15, 0.2) is 28.9 Å². The predicted molar refractivity (Wildman–Crippen MR) is 93.7 cm³/mol. The van der Waals surface area contributed by atoms with E-state index in [1.54, 1.807) is 11.3 Å². The van der Waals surface area contributed by atoms with E-state index in [1.165, 1.54) is 4.88 Å². The van der Waals surface area contributed by atoms with Crippen molar-refractivity contribution < 1.29 is 9.53 Å². The minimum Gasteiger partial charge on any atom is -0.466 e. The second-order valence-electron chi connectivity index (χ2n) is 4.78. The van der Waals surface area contributed by atoms with Gasteiger partial charge >= 0.3 is 5.97 Å². The van der Waals surface area contributed by atoms with Crippen LogP contribution in [-0.4, -0.2) is 17.6 Å². The molecule has 0 radical (unpaired) electrons. The summed E-state index contributed by atoms with van der Waals surface area (Å²) >= 11 is 11.2. The molecule has 1 atom stereocenters. The molecular weight excluding hydrogens is 386 g/mol. The third-order valence-electron chi connectivity index (χ3n) is 3.18. The van der Waals surface area contributed by atoms with Gasteiger partial charge in [-0.25, -0.2) is 4.98 Å². The Morgan fingerprint density at radius 3 is 2.77 bits per heavy atom. The Morgan fingerprint density at radius 1 is 1.41 bits per heavy atom. The molecule has 0 saturated heterocycles. The number of carbonyl (C=O) groups excluding carboxylic acids is 1. The first-order valence-corrected chi connectivity index (χ1v) is 9.08. The van der Waals surface area contributed by atoms with Crippen LogP contribution < -0.4 is 0 Å². The second kappa shape index (κ2) is 8.09. The molecule has 0 aliphatic heterocycles. The highest BCUT2D eigenvalue weighted by Crippen LogP contribution is 2.34. The Hall–Kier alpha value is -0.910. The maximum atomic E-state index is 12.0. The van der Waals surface area contributed by atoms with Crippen LogP contribution in [-0.2, 0) is 16.0 Å². The van der Waals surface area contributed by atoms with Crippen LogP contribution in [0.2, 0.25) is 5.02 Å². The molecule has 0 saturated carbocycles. The quantitative estimate of drug-likeness (QED) is 0.623. The smallest absolute Gasteiger partial charge is 0.306 e. The maximum Gasteiger partial charge on any atom is 0.306 e. The van der Waals surface area contributed by atoms with Crippen LogP contribution in [0.5, 0.6) is 0 Å². The van der Waals surface area contributed by atoms with E-state index in [9.17, 15) is 4.79 Å². The molecule has 6 heteroatoms. The zero-order valence-electron chi connectivity index (χ0n) is 12.4. The Morgan fingerprint density at radius 2 is 2.18 bits per heavy atom. The lowest BCUT2D eigenvalue weighted by Gasteiger charge is -2.15. The third kappa shape index (κ3) is 4.54. The van der Waals surface area contributed by atoms with E-state index < -0.39 is 0 Å². The van der Waals surface area contributed by atoms with Crippen LogP contribution >= 0.6 is 38.9 Å². The highest BCUT2D eigenvalue weighted by molar-refractivity contribution is 9.10. The molecule has 1 aromatic heterocycles. The molecule has 22 heavy (non-hydrogen) atoms. The van der Waals surface area contributed by atoms with Gasteiger partial charge in [0.05, 0.1) is 13.0 Å².